The number of hydrogen-bond donors (Lipinski definition) is 1. The first-order valence-electron chi connectivity index (χ1n) is 5.45. The van der Waals surface area contributed by atoms with Crippen LogP contribution in [-0.4, -0.2) is 6.26 Å². The topological polar surface area (TPSA) is 12.0 Å². The quantitative estimate of drug-likeness (QED) is 0.699. The number of rotatable bonds is 4. The highest BCUT2D eigenvalue weighted by molar-refractivity contribution is 7.98. The van der Waals surface area contributed by atoms with Crippen LogP contribution >= 0.6 is 46.3 Å². The van der Waals surface area contributed by atoms with Gasteiger partial charge in [-0.15, -0.1) is 23.1 Å². The maximum absolute atomic E-state index is 6.15. The predicted octanol–water partition coefficient (Wildman–Crippen LogP) is 5.95. The Morgan fingerprint density at radius 2 is 2.06 bits per heavy atom. The van der Waals surface area contributed by atoms with Gasteiger partial charge in [0, 0.05) is 16.1 Å². The molecule has 1 nitrogen and oxygen atoms in total. The van der Waals surface area contributed by atoms with Gasteiger partial charge in [-0.3, -0.25) is 0 Å². The van der Waals surface area contributed by atoms with Crippen molar-refractivity contribution in [2.24, 2.45) is 0 Å². The van der Waals surface area contributed by atoms with Crippen molar-refractivity contribution >= 4 is 52.0 Å². The average molecular weight is 318 g/mol. The Labute approximate surface area is 126 Å². The fraction of sp³-hybridized carbons (Fsp3) is 0.231. The lowest BCUT2D eigenvalue weighted by molar-refractivity contribution is 0.890. The molecule has 0 radical (unpaired) electrons. The van der Waals surface area contributed by atoms with E-state index in [-0.39, 0.29) is 6.04 Å². The van der Waals surface area contributed by atoms with E-state index < -0.39 is 0 Å². The van der Waals surface area contributed by atoms with E-state index in [4.69, 9.17) is 23.2 Å². The number of halogens is 2. The van der Waals surface area contributed by atoms with Crippen LogP contribution in [0.2, 0.25) is 8.67 Å². The highest BCUT2D eigenvalue weighted by Crippen LogP contribution is 2.36. The van der Waals surface area contributed by atoms with Crippen LogP contribution in [0.3, 0.4) is 0 Å². The Hall–Kier alpha value is -0.350. The first kappa shape index (κ1) is 14.1. The third-order valence-corrected chi connectivity index (χ3v) is 4.85. The van der Waals surface area contributed by atoms with Gasteiger partial charge >= 0.3 is 0 Å². The lowest BCUT2D eigenvalue weighted by Crippen LogP contribution is -2.05. The van der Waals surface area contributed by atoms with Gasteiger partial charge in [0.25, 0.3) is 0 Å². The second-order valence-electron chi connectivity index (χ2n) is 3.88. The summed E-state index contributed by atoms with van der Waals surface area (Å²) < 4.78 is 1.47. The summed E-state index contributed by atoms with van der Waals surface area (Å²) in [5, 5.41) is 3.44. The second-order valence-corrected chi connectivity index (χ2v) is 7.04. The highest BCUT2D eigenvalue weighted by atomic mass is 35.5. The first-order valence-corrected chi connectivity index (χ1v) is 8.25. The van der Waals surface area contributed by atoms with Crippen molar-refractivity contribution in [3.63, 3.8) is 0 Å². The third-order valence-electron chi connectivity index (χ3n) is 2.60. The van der Waals surface area contributed by atoms with Crippen molar-refractivity contribution in [3.05, 3.63) is 44.6 Å². The van der Waals surface area contributed by atoms with Crippen molar-refractivity contribution in [2.75, 3.05) is 11.6 Å². The highest BCUT2D eigenvalue weighted by Gasteiger charge is 2.13. The van der Waals surface area contributed by atoms with Crippen LogP contribution in [0.1, 0.15) is 18.5 Å². The third kappa shape index (κ3) is 3.35. The SMILES string of the molecule is CSc1cccc(NC(C)c2cc(Cl)sc2Cl)c1. The van der Waals surface area contributed by atoms with Gasteiger partial charge in [-0.25, -0.2) is 0 Å². The lowest BCUT2D eigenvalue weighted by Gasteiger charge is -2.15. The molecule has 0 saturated heterocycles. The van der Waals surface area contributed by atoms with Crippen LogP contribution in [0.15, 0.2) is 35.2 Å². The molecular weight excluding hydrogens is 305 g/mol. The molecule has 0 aliphatic carbocycles. The van der Waals surface area contributed by atoms with Crippen LogP contribution in [0, 0.1) is 0 Å². The maximum Gasteiger partial charge on any atom is 0.0996 e. The second kappa shape index (κ2) is 6.20. The fourth-order valence-electron chi connectivity index (χ4n) is 1.69. The van der Waals surface area contributed by atoms with Gasteiger partial charge in [0.2, 0.25) is 0 Å². The molecule has 1 heterocycles. The molecule has 96 valence electrons. The first-order chi connectivity index (χ1) is 8.60. The molecule has 2 aromatic rings. The van der Waals surface area contributed by atoms with E-state index in [1.807, 2.05) is 12.1 Å². The number of benzene rings is 1. The van der Waals surface area contributed by atoms with Gasteiger partial charge in [0.05, 0.1) is 14.7 Å². The summed E-state index contributed by atoms with van der Waals surface area (Å²) in [4.78, 5) is 1.24. The molecule has 1 N–H and O–H groups in total. The van der Waals surface area contributed by atoms with Crippen LogP contribution < -0.4 is 5.32 Å². The minimum Gasteiger partial charge on any atom is -0.378 e. The van der Waals surface area contributed by atoms with Gasteiger partial charge < -0.3 is 5.32 Å². The summed E-state index contributed by atoms with van der Waals surface area (Å²) in [6.45, 7) is 2.08. The van der Waals surface area contributed by atoms with E-state index >= 15 is 0 Å². The zero-order chi connectivity index (χ0) is 13.1. The van der Waals surface area contributed by atoms with E-state index in [0.717, 1.165) is 19.9 Å². The van der Waals surface area contributed by atoms with Crippen molar-refractivity contribution < 1.29 is 0 Å². The molecule has 0 amide bonds. The van der Waals surface area contributed by atoms with Crippen molar-refractivity contribution in [3.8, 4) is 0 Å². The van der Waals surface area contributed by atoms with Gasteiger partial charge in [-0.1, -0.05) is 29.3 Å². The van der Waals surface area contributed by atoms with Crippen molar-refractivity contribution in [1.82, 2.24) is 0 Å². The van der Waals surface area contributed by atoms with E-state index in [1.165, 1.54) is 16.2 Å². The van der Waals surface area contributed by atoms with Crippen molar-refractivity contribution in [1.29, 1.82) is 0 Å². The molecule has 0 saturated carbocycles. The number of thioether (sulfide) groups is 1. The normalized spacial score (nSPS) is 12.4. The molecule has 1 atom stereocenters. The van der Waals surface area contributed by atoms with Crippen LogP contribution in [0.25, 0.3) is 0 Å². The summed E-state index contributed by atoms with van der Waals surface area (Å²) in [6.07, 6.45) is 2.07. The Morgan fingerprint density at radius 1 is 1.28 bits per heavy atom. The summed E-state index contributed by atoms with van der Waals surface area (Å²) >= 11 is 15.2. The molecule has 0 spiro atoms. The predicted molar refractivity (Wildman–Crippen MR) is 84.6 cm³/mol. The smallest absolute Gasteiger partial charge is 0.0996 e. The molecule has 1 aromatic carbocycles. The molecule has 0 fully saturated rings. The Kier molecular flexibility index (Phi) is 4.84. The largest absolute Gasteiger partial charge is 0.378 e. The maximum atomic E-state index is 6.15. The minimum absolute atomic E-state index is 0.137. The zero-order valence-corrected chi connectivity index (χ0v) is 13.2. The molecule has 1 aromatic heterocycles. The number of thiophene rings is 1. The molecule has 0 aliphatic rings. The molecule has 1 unspecified atom stereocenters. The van der Waals surface area contributed by atoms with E-state index in [2.05, 4.69) is 36.7 Å². The monoisotopic (exact) mass is 317 g/mol. The molecule has 0 bridgehead atoms. The molecule has 18 heavy (non-hydrogen) atoms. The van der Waals surface area contributed by atoms with E-state index in [0.29, 0.717) is 0 Å². The zero-order valence-electron chi connectivity index (χ0n) is 10.0. The van der Waals surface area contributed by atoms with Crippen molar-refractivity contribution in [2.45, 2.75) is 17.9 Å². The van der Waals surface area contributed by atoms with Crippen LogP contribution in [-0.2, 0) is 0 Å². The van der Waals surface area contributed by atoms with E-state index in [9.17, 15) is 0 Å². The number of hydrogen-bond acceptors (Lipinski definition) is 3. The van der Waals surface area contributed by atoms with Gasteiger partial charge in [-0.05, 0) is 37.4 Å². The Morgan fingerprint density at radius 3 is 2.67 bits per heavy atom. The summed E-state index contributed by atoms with van der Waals surface area (Å²) in [6, 6.07) is 10.4. The Balaban J connectivity index is 2.15. The van der Waals surface area contributed by atoms with Gasteiger partial charge in [0.1, 0.15) is 0 Å². The number of nitrogens with one attached hydrogen (secondary N) is 1. The van der Waals surface area contributed by atoms with E-state index in [1.54, 1.807) is 11.8 Å². The minimum atomic E-state index is 0.137. The average Bonchev–Trinajstić information content (AvgIpc) is 2.69. The van der Waals surface area contributed by atoms with Gasteiger partial charge in [-0.2, -0.15) is 0 Å². The van der Waals surface area contributed by atoms with Crippen LogP contribution in [0.4, 0.5) is 5.69 Å². The summed E-state index contributed by atoms with van der Waals surface area (Å²) in [5.74, 6) is 0. The van der Waals surface area contributed by atoms with Crippen LogP contribution in [0.5, 0.6) is 0 Å². The van der Waals surface area contributed by atoms with Gasteiger partial charge in [0.15, 0.2) is 0 Å². The summed E-state index contributed by atoms with van der Waals surface area (Å²) in [7, 11) is 0. The lowest BCUT2D eigenvalue weighted by atomic mass is 10.1. The molecule has 2 rings (SSSR count). The fourth-order valence-corrected chi connectivity index (χ4v) is 3.79. The molecular formula is C13H13Cl2NS2. The summed E-state index contributed by atoms with van der Waals surface area (Å²) in [5.41, 5.74) is 2.13. The Bertz CT molecular complexity index is 540. The standard InChI is InChI=1S/C13H13Cl2NS2/c1-8(11-7-12(14)18-13(11)15)16-9-4-3-5-10(6-9)17-2/h3-8,16H,1-2H3. The number of anilines is 1. The molecule has 5 heteroatoms. The molecule has 0 aliphatic heterocycles.